The Kier molecular flexibility index (Phi) is 37.6. The van der Waals surface area contributed by atoms with Gasteiger partial charge in [0.25, 0.3) is 0 Å². The van der Waals surface area contributed by atoms with Gasteiger partial charge in [-0.05, 0) is 38.5 Å². The molecule has 8 atom stereocenters. The number of amides is 2. The van der Waals surface area contributed by atoms with Crippen LogP contribution in [0.4, 0.5) is 0 Å². The quantitative estimate of drug-likeness (QED) is 0.0233. The Morgan fingerprint density at radius 1 is 0.590 bits per heavy atom. The summed E-state index contributed by atoms with van der Waals surface area (Å²) in [6.45, 7) is 5.39. The second-order valence-electron chi connectivity index (χ2n) is 18.2. The molecule has 1 aliphatic rings. The summed E-state index contributed by atoms with van der Waals surface area (Å²) in [6, 6.07) is -1.00. The second-order valence-corrected chi connectivity index (χ2v) is 18.2. The number of allylic oxidation sites excluding steroid dienone is 2. The van der Waals surface area contributed by atoms with E-state index < -0.39 is 49.0 Å². The molecule has 0 spiro atoms. The SMILES string of the molecule is CCCCCCCCC=CCCCCCCCCCCCCCC(=O)NC(COC1OC(CNC(C)=O)C(O)C(O)C1O)C(O)C(O)CCCCCCCCCCCCCC. The average Bonchev–Trinajstić information content (AvgIpc) is 3.24. The van der Waals surface area contributed by atoms with E-state index in [-0.39, 0.29) is 31.4 Å². The summed E-state index contributed by atoms with van der Waals surface area (Å²) in [5.74, 6) is -0.613. The van der Waals surface area contributed by atoms with Crippen molar-refractivity contribution in [1.82, 2.24) is 10.6 Å². The van der Waals surface area contributed by atoms with Crippen LogP contribution in [0.2, 0.25) is 0 Å². The zero-order valence-corrected chi connectivity index (χ0v) is 39.4. The molecule has 11 nitrogen and oxygen atoms in total. The molecule has 1 heterocycles. The van der Waals surface area contributed by atoms with Crippen LogP contribution < -0.4 is 10.6 Å². The summed E-state index contributed by atoms with van der Waals surface area (Å²) in [4.78, 5) is 24.6. The van der Waals surface area contributed by atoms with Crippen molar-refractivity contribution in [3.05, 3.63) is 12.2 Å². The first-order chi connectivity index (χ1) is 29.6. The molecule has 1 fully saturated rings. The maximum atomic E-state index is 13.1. The fourth-order valence-electron chi connectivity index (χ4n) is 8.22. The van der Waals surface area contributed by atoms with E-state index in [0.717, 1.165) is 44.9 Å². The Morgan fingerprint density at radius 3 is 1.48 bits per heavy atom. The minimum atomic E-state index is -1.61. The van der Waals surface area contributed by atoms with Gasteiger partial charge < -0.3 is 45.6 Å². The zero-order chi connectivity index (χ0) is 44.8. The first-order valence-corrected chi connectivity index (χ1v) is 25.5. The van der Waals surface area contributed by atoms with Crippen molar-refractivity contribution in [2.45, 2.75) is 282 Å². The number of carbonyl (C=O) groups excluding carboxylic acids is 2. The molecule has 0 radical (unpaired) electrons. The normalized spacial score (nSPS) is 20.8. The Bertz CT molecular complexity index is 1050. The fraction of sp³-hybridized carbons (Fsp3) is 0.920. The molecule has 1 aliphatic heterocycles. The molecular formula is C50H96N2O9. The van der Waals surface area contributed by atoms with E-state index in [1.54, 1.807) is 0 Å². The van der Waals surface area contributed by atoms with E-state index >= 15 is 0 Å². The van der Waals surface area contributed by atoms with Crippen molar-refractivity contribution in [1.29, 1.82) is 0 Å². The van der Waals surface area contributed by atoms with Crippen LogP contribution in [0.3, 0.4) is 0 Å². The van der Waals surface area contributed by atoms with Gasteiger partial charge in [0.2, 0.25) is 11.8 Å². The molecule has 7 N–H and O–H groups in total. The van der Waals surface area contributed by atoms with Gasteiger partial charge in [-0.15, -0.1) is 0 Å². The third-order valence-corrected chi connectivity index (χ3v) is 12.3. The van der Waals surface area contributed by atoms with Crippen molar-refractivity contribution in [3.8, 4) is 0 Å². The Morgan fingerprint density at radius 2 is 1.02 bits per heavy atom. The number of unbranched alkanes of at least 4 members (excludes halogenated alkanes) is 28. The number of aliphatic hydroxyl groups is 5. The molecule has 61 heavy (non-hydrogen) atoms. The number of carbonyl (C=O) groups is 2. The van der Waals surface area contributed by atoms with Crippen LogP contribution in [0.1, 0.15) is 233 Å². The predicted octanol–water partition coefficient (Wildman–Crippen LogP) is 9.62. The number of rotatable bonds is 42. The summed E-state index contributed by atoms with van der Waals surface area (Å²) < 4.78 is 11.5. The standard InChI is InChI=1S/C50H96N2O9/c1-4-6-8-10-12-14-16-18-19-20-21-22-23-24-25-26-28-30-32-34-36-38-45(55)52-42(40-60-50-49(59)48(58)47(57)44(61-50)39-51-41(3)53)46(56)43(54)37-35-33-31-29-27-17-15-13-11-9-7-5-2/h18-19,42-44,46-50,54,56-59H,4-17,20-40H2,1-3H3,(H,51,53)(H,52,55). The molecule has 11 heteroatoms. The van der Waals surface area contributed by atoms with Crippen molar-refractivity contribution in [2.24, 2.45) is 0 Å². The summed E-state index contributed by atoms with van der Waals surface area (Å²) in [5, 5.41) is 59.1. The molecule has 0 aromatic rings. The van der Waals surface area contributed by atoms with Crippen LogP contribution >= 0.6 is 0 Å². The van der Waals surface area contributed by atoms with E-state index in [1.807, 2.05) is 0 Å². The Labute approximate surface area is 373 Å². The topological polar surface area (TPSA) is 178 Å². The lowest BCUT2D eigenvalue weighted by Gasteiger charge is -2.41. The van der Waals surface area contributed by atoms with E-state index in [2.05, 4.69) is 36.6 Å². The van der Waals surface area contributed by atoms with Crippen molar-refractivity contribution < 1.29 is 44.6 Å². The molecule has 1 rings (SSSR count). The molecule has 0 aliphatic carbocycles. The van der Waals surface area contributed by atoms with Crippen LogP contribution in [0.5, 0.6) is 0 Å². The molecule has 0 aromatic carbocycles. The van der Waals surface area contributed by atoms with Gasteiger partial charge in [-0.2, -0.15) is 0 Å². The van der Waals surface area contributed by atoms with E-state index in [1.165, 1.54) is 155 Å². The van der Waals surface area contributed by atoms with E-state index in [4.69, 9.17) is 9.47 Å². The average molecular weight is 869 g/mol. The third kappa shape index (κ3) is 31.0. The van der Waals surface area contributed by atoms with E-state index in [9.17, 15) is 35.1 Å². The van der Waals surface area contributed by atoms with Crippen LogP contribution in [-0.2, 0) is 19.1 Å². The second kappa shape index (κ2) is 40.0. The molecule has 0 bridgehead atoms. The van der Waals surface area contributed by atoms with Gasteiger partial charge in [0.1, 0.15) is 30.5 Å². The number of hydrogen-bond acceptors (Lipinski definition) is 9. The molecule has 8 unspecified atom stereocenters. The molecule has 0 saturated carbocycles. The van der Waals surface area contributed by atoms with Gasteiger partial charge in [0.15, 0.2) is 6.29 Å². The lowest BCUT2D eigenvalue weighted by Crippen LogP contribution is -2.61. The van der Waals surface area contributed by atoms with Gasteiger partial charge in [-0.1, -0.05) is 193 Å². The van der Waals surface area contributed by atoms with Crippen molar-refractivity contribution in [2.75, 3.05) is 13.2 Å². The summed E-state index contributed by atoms with van der Waals surface area (Å²) >= 11 is 0. The minimum Gasteiger partial charge on any atom is -0.390 e. The maximum absolute atomic E-state index is 13.1. The maximum Gasteiger partial charge on any atom is 0.220 e. The van der Waals surface area contributed by atoms with Gasteiger partial charge in [0, 0.05) is 19.9 Å². The molecule has 1 saturated heterocycles. The highest BCUT2D eigenvalue weighted by Gasteiger charge is 2.45. The van der Waals surface area contributed by atoms with Gasteiger partial charge in [-0.3, -0.25) is 9.59 Å². The highest BCUT2D eigenvalue weighted by molar-refractivity contribution is 5.76. The monoisotopic (exact) mass is 869 g/mol. The van der Waals surface area contributed by atoms with Gasteiger partial charge >= 0.3 is 0 Å². The highest BCUT2D eigenvalue weighted by Crippen LogP contribution is 2.23. The van der Waals surface area contributed by atoms with Crippen LogP contribution in [0.25, 0.3) is 0 Å². The Balaban J connectivity index is 2.41. The van der Waals surface area contributed by atoms with Gasteiger partial charge in [-0.25, -0.2) is 0 Å². The first kappa shape index (κ1) is 57.4. The number of hydrogen-bond donors (Lipinski definition) is 7. The summed E-state index contributed by atoms with van der Waals surface area (Å²) in [6.07, 6.45) is 33.6. The van der Waals surface area contributed by atoms with Crippen LogP contribution in [-0.4, -0.2) is 99.5 Å². The number of nitrogens with one attached hydrogen (secondary N) is 2. The number of ether oxygens (including phenoxy) is 2. The van der Waals surface area contributed by atoms with Crippen molar-refractivity contribution in [3.63, 3.8) is 0 Å². The predicted molar refractivity (Wildman–Crippen MR) is 248 cm³/mol. The molecule has 0 aromatic heterocycles. The highest BCUT2D eigenvalue weighted by atomic mass is 16.7. The number of aliphatic hydroxyl groups excluding tert-OH is 5. The van der Waals surface area contributed by atoms with Crippen LogP contribution in [0.15, 0.2) is 12.2 Å². The largest absolute Gasteiger partial charge is 0.390 e. The summed E-state index contributed by atoms with van der Waals surface area (Å²) in [7, 11) is 0. The molecule has 2 amide bonds. The lowest BCUT2D eigenvalue weighted by molar-refractivity contribution is -0.297. The van der Waals surface area contributed by atoms with Crippen LogP contribution in [0, 0.1) is 0 Å². The molecule has 360 valence electrons. The zero-order valence-electron chi connectivity index (χ0n) is 39.4. The first-order valence-electron chi connectivity index (χ1n) is 25.5. The third-order valence-electron chi connectivity index (χ3n) is 12.3. The Hall–Kier alpha value is -1.60. The van der Waals surface area contributed by atoms with E-state index in [0.29, 0.717) is 12.8 Å². The fourth-order valence-corrected chi connectivity index (χ4v) is 8.22. The van der Waals surface area contributed by atoms with Gasteiger partial charge in [0.05, 0.1) is 18.8 Å². The summed E-state index contributed by atoms with van der Waals surface area (Å²) in [5.41, 5.74) is 0. The van der Waals surface area contributed by atoms with Crippen molar-refractivity contribution >= 4 is 11.8 Å². The molecular weight excluding hydrogens is 773 g/mol. The minimum absolute atomic E-state index is 0.113. The lowest BCUT2D eigenvalue weighted by atomic mass is 9.98. The smallest absolute Gasteiger partial charge is 0.220 e.